The zero-order valence-corrected chi connectivity index (χ0v) is 12.7. The molecule has 110 valence electrons. The second-order valence-corrected chi connectivity index (χ2v) is 5.13. The van der Waals surface area contributed by atoms with Gasteiger partial charge >= 0.3 is 5.97 Å². The lowest BCUT2D eigenvalue weighted by Gasteiger charge is -2.12. The Balaban J connectivity index is 2.16. The van der Waals surface area contributed by atoms with Gasteiger partial charge in [0.1, 0.15) is 0 Å². The van der Waals surface area contributed by atoms with E-state index in [0.29, 0.717) is 5.56 Å². The highest BCUT2D eigenvalue weighted by molar-refractivity contribution is 5.89. The molecule has 0 aliphatic rings. The number of unbranched alkanes of at least 4 members (excludes halogenated alkanes) is 3. The zero-order chi connectivity index (χ0) is 14.6. The fourth-order valence-electron chi connectivity index (χ4n) is 1.96. The summed E-state index contributed by atoms with van der Waals surface area (Å²) in [6.07, 6.45) is 11.2. The summed E-state index contributed by atoms with van der Waals surface area (Å²) in [7, 11) is 0. The molecule has 0 N–H and O–H groups in total. The summed E-state index contributed by atoms with van der Waals surface area (Å²) in [5.41, 5.74) is 0.624. The molecule has 0 saturated heterocycles. The van der Waals surface area contributed by atoms with Gasteiger partial charge in [-0.25, -0.2) is 4.79 Å². The molecule has 20 heavy (non-hydrogen) atoms. The molecular weight excluding hydrogens is 248 g/mol. The maximum absolute atomic E-state index is 11.8. The molecule has 1 aromatic rings. The molecule has 0 aliphatic carbocycles. The molecule has 2 nitrogen and oxygen atoms in total. The van der Waals surface area contributed by atoms with Crippen LogP contribution in [-0.2, 0) is 4.74 Å². The molecule has 0 saturated carbocycles. The molecule has 1 rings (SSSR count). The molecule has 0 bridgehead atoms. The largest absolute Gasteiger partial charge is 0.459 e. The van der Waals surface area contributed by atoms with Crippen LogP contribution < -0.4 is 0 Å². The van der Waals surface area contributed by atoms with Gasteiger partial charge in [0.05, 0.1) is 11.7 Å². The first-order valence-electron chi connectivity index (χ1n) is 7.65. The van der Waals surface area contributed by atoms with Crippen molar-refractivity contribution in [1.29, 1.82) is 0 Å². The molecule has 1 atom stereocenters. The summed E-state index contributed by atoms with van der Waals surface area (Å²) >= 11 is 0. The van der Waals surface area contributed by atoms with E-state index in [0.717, 1.165) is 19.3 Å². The molecule has 1 aromatic carbocycles. The number of hydrogen-bond acceptors (Lipinski definition) is 2. The predicted molar refractivity (Wildman–Crippen MR) is 83.8 cm³/mol. The number of carbonyl (C=O) groups excluding carboxylic acids is 1. The van der Waals surface area contributed by atoms with Gasteiger partial charge in [-0.15, -0.1) is 0 Å². The van der Waals surface area contributed by atoms with Crippen molar-refractivity contribution in [3.05, 3.63) is 48.0 Å². The van der Waals surface area contributed by atoms with E-state index < -0.39 is 0 Å². The number of benzene rings is 1. The summed E-state index contributed by atoms with van der Waals surface area (Å²) < 4.78 is 5.42. The summed E-state index contributed by atoms with van der Waals surface area (Å²) in [6.45, 7) is 4.16. The predicted octanol–water partition coefficient (Wildman–Crippen LogP) is 5.15. The molecule has 0 amide bonds. The minimum absolute atomic E-state index is 0.0215. The van der Waals surface area contributed by atoms with E-state index in [1.165, 1.54) is 19.3 Å². The minimum atomic E-state index is -0.225. The van der Waals surface area contributed by atoms with Crippen LogP contribution in [0.25, 0.3) is 0 Å². The van der Waals surface area contributed by atoms with Gasteiger partial charge < -0.3 is 4.74 Å². The first-order valence-corrected chi connectivity index (χ1v) is 7.65. The third-order valence-electron chi connectivity index (χ3n) is 3.19. The van der Waals surface area contributed by atoms with Crippen LogP contribution in [0.4, 0.5) is 0 Å². The van der Waals surface area contributed by atoms with Gasteiger partial charge in [0.25, 0.3) is 0 Å². The lowest BCUT2D eigenvalue weighted by atomic mass is 10.1. The van der Waals surface area contributed by atoms with Crippen molar-refractivity contribution in [3.8, 4) is 0 Å². The maximum atomic E-state index is 11.8. The molecule has 0 aliphatic heterocycles. The average Bonchev–Trinajstić information content (AvgIpc) is 2.47. The number of hydrogen-bond donors (Lipinski definition) is 0. The Kier molecular flexibility index (Phi) is 8.44. The van der Waals surface area contributed by atoms with E-state index in [-0.39, 0.29) is 12.1 Å². The van der Waals surface area contributed by atoms with Crippen LogP contribution >= 0.6 is 0 Å². The Labute approximate surface area is 122 Å². The Morgan fingerprint density at radius 3 is 2.45 bits per heavy atom. The third kappa shape index (κ3) is 7.13. The Morgan fingerprint density at radius 1 is 1.15 bits per heavy atom. The zero-order valence-electron chi connectivity index (χ0n) is 12.7. The first-order chi connectivity index (χ1) is 9.74. The van der Waals surface area contributed by atoms with Gasteiger partial charge in [-0.3, -0.25) is 0 Å². The van der Waals surface area contributed by atoms with Crippen LogP contribution in [0.2, 0.25) is 0 Å². The molecule has 2 heteroatoms. The average molecular weight is 274 g/mol. The lowest BCUT2D eigenvalue weighted by Crippen LogP contribution is -2.14. The van der Waals surface area contributed by atoms with Crippen molar-refractivity contribution in [3.63, 3.8) is 0 Å². The topological polar surface area (TPSA) is 26.3 Å². The quantitative estimate of drug-likeness (QED) is 0.354. The summed E-state index contributed by atoms with van der Waals surface area (Å²) in [5, 5.41) is 0. The summed E-state index contributed by atoms with van der Waals surface area (Å²) in [5.74, 6) is -0.225. The van der Waals surface area contributed by atoms with Gasteiger partial charge in [0, 0.05) is 0 Å². The number of ether oxygens (including phenoxy) is 1. The molecule has 0 radical (unpaired) electrons. The van der Waals surface area contributed by atoms with Crippen molar-refractivity contribution in [1.82, 2.24) is 0 Å². The standard InChI is InChI=1S/C18H26O2/c1-3-4-5-6-7-8-10-13-16(2)20-18(19)17-14-11-9-12-15-17/h6-7,9,11-12,14-16H,3-5,8,10,13H2,1-2H3/b7-6-/t16-/m1/s1. The molecule has 0 fully saturated rings. The third-order valence-corrected chi connectivity index (χ3v) is 3.19. The first kappa shape index (κ1) is 16.5. The highest BCUT2D eigenvalue weighted by atomic mass is 16.5. The monoisotopic (exact) mass is 274 g/mol. The number of esters is 1. The van der Waals surface area contributed by atoms with E-state index in [4.69, 9.17) is 4.74 Å². The number of rotatable bonds is 9. The van der Waals surface area contributed by atoms with Crippen LogP contribution in [0.5, 0.6) is 0 Å². The van der Waals surface area contributed by atoms with E-state index in [2.05, 4.69) is 19.1 Å². The van der Waals surface area contributed by atoms with Gasteiger partial charge in [0.15, 0.2) is 0 Å². The fraction of sp³-hybridized carbons (Fsp3) is 0.500. The molecule has 0 heterocycles. The van der Waals surface area contributed by atoms with E-state index >= 15 is 0 Å². The Hall–Kier alpha value is -1.57. The van der Waals surface area contributed by atoms with Crippen LogP contribution in [-0.4, -0.2) is 12.1 Å². The van der Waals surface area contributed by atoms with Crippen molar-refractivity contribution in [2.75, 3.05) is 0 Å². The molecular formula is C18H26O2. The van der Waals surface area contributed by atoms with E-state index in [1.807, 2.05) is 25.1 Å². The van der Waals surface area contributed by atoms with E-state index in [9.17, 15) is 4.79 Å². The molecule has 0 unspecified atom stereocenters. The number of carbonyl (C=O) groups is 1. The number of allylic oxidation sites excluding steroid dienone is 2. The van der Waals surface area contributed by atoms with Crippen molar-refractivity contribution in [2.45, 2.75) is 58.5 Å². The Bertz CT molecular complexity index is 395. The smallest absolute Gasteiger partial charge is 0.338 e. The van der Waals surface area contributed by atoms with Gasteiger partial charge in [-0.05, 0) is 44.7 Å². The second-order valence-electron chi connectivity index (χ2n) is 5.13. The normalized spacial score (nSPS) is 12.5. The van der Waals surface area contributed by atoms with Crippen molar-refractivity contribution in [2.24, 2.45) is 0 Å². The highest BCUT2D eigenvalue weighted by Gasteiger charge is 2.10. The van der Waals surface area contributed by atoms with Crippen LogP contribution in [0, 0.1) is 0 Å². The minimum Gasteiger partial charge on any atom is -0.459 e. The maximum Gasteiger partial charge on any atom is 0.338 e. The van der Waals surface area contributed by atoms with Crippen molar-refractivity contribution < 1.29 is 9.53 Å². The van der Waals surface area contributed by atoms with Crippen LogP contribution in [0.15, 0.2) is 42.5 Å². The lowest BCUT2D eigenvalue weighted by molar-refractivity contribution is 0.0321. The van der Waals surface area contributed by atoms with Gasteiger partial charge in [-0.2, -0.15) is 0 Å². The summed E-state index contributed by atoms with van der Waals surface area (Å²) in [4.78, 5) is 11.8. The SMILES string of the molecule is CCCC/C=C\CCC[C@@H](C)OC(=O)c1ccccc1. The Morgan fingerprint density at radius 2 is 1.80 bits per heavy atom. The fourth-order valence-corrected chi connectivity index (χ4v) is 1.96. The highest BCUT2D eigenvalue weighted by Crippen LogP contribution is 2.09. The molecule has 0 aromatic heterocycles. The van der Waals surface area contributed by atoms with E-state index in [1.54, 1.807) is 12.1 Å². The van der Waals surface area contributed by atoms with Gasteiger partial charge in [0.2, 0.25) is 0 Å². The van der Waals surface area contributed by atoms with Crippen LogP contribution in [0.3, 0.4) is 0 Å². The van der Waals surface area contributed by atoms with Crippen LogP contribution in [0.1, 0.15) is 62.7 Å². The molecule has 0 spiro atoms. The summed E-state index contributed by atoms with van der Waals surface area (Å²) in [6, 6.07) is 9.16. The van der Waals surface area contributed by atoms with Gasteiger partial charge in [-0.1, -0.05) is 50.1 Å². The van der Waals surface area contributed by atoms with Crippen molar-refractivity contribution >= 4 is 5.97 Å². The second kappa shape index (κ2) is 10.2.